The molecule has 1 unspecified atom stereocenters. The molecular weight excluding hydrogens is 194 g/mol. The lowest BCUT2D eigenvalue weighted by Crippen LogP contribution is -2.19. The van der Waals surface area contributed by atoms with Gasteiger partial charge in [0.1, 0.15) is 5.75 Å². The second kappa shape index (κ2) is 5.83. The largest absolute Gasteiger partial charge is 0.496 e. The summed E-state index contributed by atoms with van der Waals surface area (Å²) >= 11 is 1.73. The maximum absolute atomic E-state index is 5.30. The molecule has 1 atom stereocenters. The molecule has 14 heavy (non-hydrogen) atoms. The van der Waals surface area contributed by atoms with Crippen molar-refractivity contribution in [2.75, 3.05) is 13.7 Å². The summed E-state index contributed by atoms with van der Waals surface area (Å²) in [5.74, 6) is 0.975. The van der Waals surface area contributed by atoms with E-state index >= 15 is 0 Å². The van der Waals surface area contributed by atoms with E-state index in [1.54, 1.807) is 18.4 Å². The van der Waals surface area contributed by atoms with Crippen LogP contribution in [-0.2, 0) is 0 Å². The molecule has 2 nitrogen and oxygen atoms in total. The number of nitrogens with one attached hydrogen (secondary N) is 1. The van der Waals surface area contributed by atoms with Crippen molar-refractivity contribution >= 4 is 11.3 Å². The van der Waals surface area contributed by atoms with Gasteiger partial charge in [-0.1, -0.05) is 13.0 Å². The number of hydrogen-bond acceptors (Lipinski definition) is 3. The molecule has 78 valence electrons. The van der Waals surface area contributed by atoms with Crippen molar-refractivity contribution in [3.8, 4) is 5.75 Å². The third kappa shape index (κ3) is 2.59. The Morgan fingerprint density at radius 1 is 1.71 bits per heavy atom. The minimum absolute atomic E-state index is 0.340. The minimum Gasteiger partial charge on any atom is -0.496 e. The van der Waals surface area contributed by atoms with Crippen LogP contribution in [0, 0.1) is 0 Å². The summed E-state index contributed by atoms with van der Waals surface area (Å²) in [4.78, 5) is 1.26. The Hall–Kier alpha value is -0.800. The summed E-state index contributed by atoms with van der Waals surface area (Å²) < 4.78 is 5.30. The molecule has 0 saturated carbocycles. The minimum atomic E-state index is 0.340. The molecule has 1 heterocycles. The van der Waals surface area contributed by atoms with Crippen LogP contribution in [0.2, 0.25) is 0 Å². The number of methoxy groups -OCH3 is 1. The van der Waals surface area contributed by atoms with Crippen molar-refractivity contribution in [1.82, 2.24) is 5.32 Å². The fourth-order valence-corrected chi connectivity index (χ4v) is 2.38. The Labute approximate surface area is 89.6 Å². The highest BCUT2D eigenvalue weighted by atomic mass is 32.1. The molecule has 1 aromatic heterocycles. The molecule has 0 aliphatic rings. The third-order valence-electron chi connectivity index (χ3n) is 2.05. The summed E-state index contributed by atoms with van der Waals surface area (Å²) in [6, 6.07) is 2.35. The van der Waals surface area contributed by atoms with Crippen LogP contribution >= 0.6 is 11.3 Å². The molecule has 1 rings (SSSR count). The zero-order valence-corrected chi connectivity index (χ0v) is 9.56. The summed E-state index contributed by atoms with van der Waals surface area (Å²) in [6.45, 7) is 6.84. The predicted octanol–water partition coefficient (Wildman–Crippen LogP) is 2.98. The van der Waals surface area contributed by atoms with Gasteiger partial charge in [0, 0.05) is 6.04 Å². The maximum Gasteiger partial charge on any atom is 0.134 e. The summed E-state index contributed by atoms with van der Waals surface area (Å²) in [7, 11) is 1.71. The molecule has 0 amide bonds. The standard InChI is InChI=1S/C11H17NOS/c1-4-6-9(12-5-2)11-10(13-3)7-8-14-11/h4,7-9,12H,1,5-6H2,2-3H3. The number of ether oxygens (including phenoxy) is 1. The van der Waals surface area contributed by atoms with E-state index in [0.29, 0.717) is 6.04 Å². The predicted molar refractivity (Wildman–Crippen MR) is 62.1 cm³/mol. The van der Waals surface area contributed by atoms with Crippen LogP contribution < -0.4 is 10.1 Å². The first-order valence-electron chi connectivity index (χ1n) is 4.79. The second-order valence-electron chi connectivity index (χ2n) is 2.99. The number of thiophene rings is 1. The molecule has 0 spiro atoms. The summed E-state index contributed by atoms with van der Waals surface area (Å²) in [5, 5.41) is 5.48. The van der Waals surface area contributed by atoms with E-state index in [1.165, 1.54) is 4.88 Å². The van der Waals surface area contributed by atoms with Gasteiger partial charge in [-0.25, -0.2) is 0 Å². The first-order valence-corrected chi connectivity index (χ1v) is 5.67. The van der Waals surface area contributed by atoms with Crippen LogP contribution in [0.25, 0.3) is 0 Å². The molecule has 0 aliphatic carbocycles. The Balaban J connectivity index is 2.80. The van der Waals surface area contributed by atoms with Crippen LogP contribution in [0.1, 0.15) is 24.3 Å². The molecule has 0 bridgehead atoms. The van der Waals surface area contributed by atoms with Crippen LogP contribution in [-0.4, -0.2) is 13.7 Å². The van der Waals surface area contributed by atoms with Gasteiger partial charge in [0.25, 0.3) is 0 Å². The molecule has 1 N–H and O–H groups in total. The van der Waals surface area contributed by atoms with E-state index in [4.69, 9.17) is 4.74 Å². The van der Waals surface area contributed by atoms with Gasteiger partial charge in [0.2, 0.25) is 0 Å². The Bertz CT molecular complexity index is 283. The fourth-order valence-electron chi connectivity index (χ4n) is 1.43. The van der Waals surface area contributed by atoms with Crippen LogP contribution in [0.15, 0.2) is 24.1 Å². The highest BCUT2D eigenvalue weighted by molar-refractivity contribution is 7.10. The third-order valence-corrected chi connectivity index (χ3v) is 3.06. The average molecular weight is 211 g/mol. The van der Waals surface area contributed by atoms with Crippen molar-refractivity contribution in [3.63, 3.8) is 0 Å². The fraction of sp³-hybridized carbons (Fsp3) is 0.455. The van der Waals surface area contributed by atoms with E-state index < -0.39 is 0 Å². The van der Waals surface area contributed by atoms with Gasteiger partial charge in [-0.2, -0.15) is 0 Å². The van der Waals surface area contributed by atoms with E-state index in [9.17, 15) is 0 Å². The quantitative estimate of drug-likeness (QED) is 0.730. The van der Waals surface area contributed by atoms with Crippen molar-refractivity contribution in [1.29, 1.82) is 0 Å². The molecule has 0 radical (unpaired) electrons. The van der Waals surface area contributed by atoms with Crippen molar-refractivity contribution in [2.24, 2.45) is 0 Å². The van der Waals surface area contributed by atoms with Gasteiger partial charge in [0.15, 0.2) is 0 Å². The smallest absolute Gasteiger partial charge is 0.134 e. The van der Waals surface area contributed by atoms with Crippen LogP contribution in [0.5, 0.6) is 5.75 Å². The Kier molecular flexibility index (Phi) is 4.70. The SMILES string of the molecule is C=CCC(NCC)c1sccc1OC. The molecule has 0 fully saturated rings. The van der Waals surface area contributed by atoms with Crippen LogP contribution in [0.3, 0.4) is 0 Å². The van der Waals surface area contributed by atoms with Crippen molar-refractivity contribution in [3.05, 3.63) is 29.0 Å². The van der Waals surface area contributed by atoms with E-state index in [1.807, 2.05) is 12.1 Å². The average Bonchev–Trinajstić information content (AvgIpc) is 2.65. The first kappa shape index (κ1) is 11.3. The Morgan fingerprint density at radius 3 is 3.07 bits per heavy atom. The zero-order valence-electron chi connectivity index (χ0n) is 8.75. The van der Waals surface area contributed by atoms with Crippen LogP contribution in [0.4, 0.5) is 0 Å². The van der Waals surface area contributed by atoms with E-state index in [2.05, 4.69) is 24.2 Å². The van der Waals surface area contributed by atoms with Gasteiger partial charge in [0.05, 0.1) is 12.0 Å². The monoisotopic (exact) mass is 211 g/mol. The van der Waals surface area contributed by atoms with Crippen molar-refractivity contribution in [2.45, 2.75) is 19.4 Å². The normalized spacial score (nSPS) is 12.4. The lowest BCUT2D eigenvalue weighted by Gasteiger charge is -2.15. The van der Waals surface area contributed by atoms with E-state index in [0.717, 1.165) is 18.7 Å². The summed E-state index contributed by atoms with van der Waals surface area (Å²) in [5.41, 5.74) is 0. The number of rotatable bonds is 6. The van der Waals surface area contributed by atoms with Gasteiger partial charge in [-0.05, 0) is 24.4 Å². The van der Waals surface area contributed by atoms with Gasteiger partial charge in [-0.15, -0.1) is 17.9 Å². The van der Waals surface area contributed by atoms with Gasteiger partial charge >= 0.3 is 0 Å². The second-order valence-corrected chi connectivity index (χ2v) is 3.94. The first-order chi connectivity index (χ1) is 6.83. The maximum atomic E-state index is 5.30. The number of hydrogen-bond donors (Lipinski definition) is 1. The molecule has 3 heteroatoms. The van der Waals surface area contributed by atoms with E-state index in [-0.39, 0.29) is 0 Å². The zero-order chi connectivity index (χ0) is 10.4. The molecule has 0 aromatic carbocycles. The molecule has 1 aromatic rings. The van der Waals surface area contributed by atoms with Crippen molar-refractivity contribution < 1.29 is 4.74 Å². The molecule has 0 aliphatic heterocycles. The Morgan fingerprint density at radius 2 is 2.50 bits per heavy atom. The highest BCUT2D eigenvalue weighted by Gasteiger charge is 2.14. The molecular formula is C11H17NOS. The van der Waals surface area contributed by atoms with Gasteiger partial charge in [-0.3, -0.25) is 0 Å². The topological polar surface area (TPSA) is 21.3 Å². The highest BCUT2D eigenvalue weighted by Crippen LogP contribution is 2.32. The lowest BCUT2D eigenvalue weighted by atomic mass is 10.1. The lowest BCUT2D eigenvalue weighted by molar-refractivity contribution is 0.404. The van der Waals surface area contributed by atoms with Gasteiger partial charge < -0.3 is 10.1 Å². The summed E-state index contributed by atoms with van der Waals surface area (Å²) in [6.07, 6.45) is 2.87. The molecule has 0 saturated heterocycles.